The van der Waals surface area contributed by atoms with E-state index in [1.807, 2.05) is 60.1 Å². The number of likely N-dealkylation sites (tertiary alicyclic amines) is 1. The summed E-state index contributed by atoms with van der Waals surface area (Å²) in [5.74, 6) is 1.10. The topological polar surface area (TPSA) is 105 Å². The number of nitrogens with one attached hydrogen (secondary N) is 1. The predicted molar refractivity (Wildman–Crippen MR) is 142 cm³/mol. The highest BCUT2D eigenvalue weighted by atomic mass is 32.1. The van der Waals surface area contributed by atoms with Gasteiger partial charge in [-0.15, -0.1) is 11.3 Å². The Balaban J connectivity index is 1.49. The van der Waals surface area contributed by atoms with Crippen molar-refractivity contribution in [3.8, 4) is 27.6 Å². The molecule has 1 aliphatic rings. The van der Waals surface area contributed by atoms with Crippen LogP contribution in [-0.2, 0) is 0 Å². The van der Waals surface area contributed by atoms with Crippen LogP contribution in [0, 0.1) is 12.3 Å². The SMILES string of the molecule is Cc1nn2ccc(OCCN3CCCCC3)cc2c1-c1nc(-c2ccccc2)c(C(N)=NC=N)s1. The molecule has 35 heavy (non-hydrogen) atoms. The summed E-state index contributed by atoms with van der Waals surface area (Å²) < 4.78 is 7.98. The van der Waals surface area contributed by atoms with Crippen LogP contribution >= 0.6 is 11.3 Å². The minimum Gasteiger partial charge on any atom is -0.492 e. The number of piperidine rings is 1. The zero-order valence-corrected chi connectivity index (χ0v) is 20.6. The van der Waals surface area contributed by atoms with E-state index in [9.17, 15) is 0 Å². The number of pyridine rings is 1. The zero-order chi connectivity index (χ0) is 24.2. The summed E-state index contributed by atoms with van der Waals surface area (Å²) in [6.45, 7) is 5.91. The van der Waals surface area contributed by atoms with Crippen molar-refractivity contribution >= 4 is 29.0 Å². The van der Waals surface area contributed by atoms with Crippen LogP contribution in [0.5, 0.6) is 5.75 Å². The Morgan fingerprint density at radius 3 is 2.77 bits per heavy atom. The van der Waals surface area contributed by atoms with Gasteiger partial charge in [0.1, 0.15) is 29.5 Å². The molecular formula is C26H29N7OS. The molecule has 0 amide bonds. The molecule has 0 bridgehead atoms. The Morgan fingerprint density at radius 1 is 1.20 bits per heavy atom. The molecule has 0 unspecified atom stereocenters. The summed E-state index contributed by atoms with van der Waals surface area (Å²) in [7, 11) is 0. The Bertz CT molecular complexity index is 1350. The van der Waals surface area contributed by atoms with Crippen molar-refractivity contribution in [3.63, 3.8) is 0 Å². The molecule has 3 aromatic heterocycles. The molecule has 0 spiro atoms. The second kappa shape index (κ2) is 10.4. The van der Waals surface area contributed by atoms with Gasteiger partial charge in [-0.2, -0.15) is 5.10 Å². The van der Waals surface area contributed by atoms with Gasteiger partial charge in [-0.3, -0.25) is 10.3 Å². The molecule has 1 saturated heterocycles. The van der Waals surface area contributed by atoms with Crippen LogP contribution in [0.3, 0.4) is 0 Å². The highest BCUT2D eigenvalue weighted by Crippen LogP contribution is 2.37. The van der Waals surface area contributed by atoms with E-state index >= 15 is 0 Å². The number of hydrogen-bond acceptors (Lipinski definition) is 6. The Kier molecular flexibility index (Phi) is 6.87. The summed E-state index contributed by atoms with van der Waals surface area (Å²) in [5, 5.41) is 12.9. The Hall–Kier alpha value is -3.56. The first-order valence-corrected chi connectivity index (χ1v) is 12.7. The van der Waals surface area contributed by atoms with Gasteiger partial charge in [0, 0.05) is 24.4 Å². The summed E-state index contributed by atoms with van der Waals surface area (Å²) in [6.07, 6.45) is 6.78. The molecule has 1 fully saturated rings. The molecule has 180 valence electrons. The molecular weight excluding hydrogens is 458 g/mol. The van der Waals surface area contributed by atoms with Gasteiger partial charge in [0.05, 0.1) is 27.3 Å². The summed E-state index contributed by atoms with van der Waals surface area (Å²) >= 11 is 1.46. The quantitative estimate of drug-likeness (QED) is 0.279. The number of nitrogens with zero attached hydrogens (tertiary/aromatic N) is 5. The van der Waals surface area contributed by atoms with E-state index in [1.54, 1.807) is 0 Å². The monoisotopic (exact) mass is 487 g/mol. The molecule has 0 aliphatic carbocycles. The van der Waals surface area contributed by atoms with E-state index in [-0.39, 0.29) is 5.84 Å². The number of aromatic nitrogens is 3. The summed E-state index contributed by atoms with van der Waals surface area (Å²) in [5.41, 5.74) is 10.7. The van der Waals surface area contributed by atoms with E-state index in [2.05, 4.69) is 9.89 Å². The molecule has 0 saturated carbocycles. The number of rotatable bonds is 8. The van der Waals surface area contributed by atoms with E-state index in [4.69, 9.17) is 26.0 Å². The van der Waals surface area contributed by atoms with Crippen LogP contribution < -0.4 is 10.5 Å². The van der Waals surface area contributed by atoms with Crippen LogP contribution in [0.25, 0.3) is 27.3 Å². The highest BCUT2D eigenvalue weighted by Gasteiger charge is 2.22. The van der Waals surface area contributed by atoms with E-state index in [0.29, 0.717) is 6.61 Å². The van der Waals surface area contributed by atoms with Crippen molar-refractivity contribution in [2.45, 2.75) is 26.2 Å². The molecule has 4 heterocycles. The molecule has 4 aromatic rings. The third-order valence-corrected chi connectivity index (χ3v) is 7.33. The van der Waals surface area contributed by atoms with Crippen LogP contribution in [0.4, 0.5) is 0 Å². The van der Waals surface area contributed by atoms with Crippen molar-refractivity contribution in [1.82, 2.24) is 19.5 Å². The number of ether oxygens (including phenoxy) is 1. The van der Waals surface area contributed by atoms with Crippen molar-refractivity contribution in [2.75, 3.05) is 26.2 Å². The summed E-state index contributed by atoms with van der Waals surface area (Å²) in [6, 6.07) is 13.9. The van der Waals surface area contributed by atoms with Crippen molar-refractivity contribution < 1.29 is 4.74 Å². The standard InChI is InChI=1S/C26H29N7OS/c1-18-22(26-30-23(19-8-4-2-5-9-19)24(35-26)25(28)29-17-27)21-16-20(10-13-33(21)31-18)34-15-14-32-11-6-3-7-12-32/h2,4-5,8-10,13,16-17H,3,6-7,11-12,14-15H2,1H3,(H3,27,28,29). The maximum Gasteiger partial charge on any atom is 0.144 e. The minimum atomic E-state index is 0.276. The molecule has 1 aliphatic heterocycles. The first-order valence-electron chi connectivity index (χ1n) is 11.9. The number of fused-ring (bicyclic) bond motifs is 1. The van der Waals surface area contributed by atoms with E-state index in [1.165, 1.54) is 30.6 Å². The normalized spacial score (nSPS) is 14.9. The lowest BCUT2D eigenvalue weighted by molar-refractivity contribution is 0.183. The fourth-order valence-corrected chi connectivity index (χ4v) is 5.60. The number of hydrogen-bond donors (Lipinski definition) is 2. The van der Waals surface area contributed by atoms with Crippen molar-refractivity contribution in [3.05, 3.63) is 59.2 Å². The fraction of sp³-hybridized carbons (Fsp3) is 0.308. The van der Waals surface area contributed by atoms with Crippen LogP contribution in [-0.4, -0.2) is 57.9 Å². The van der Waals surface area contributed by atoms with Gasteiger partial charge >= 0.3 is 0 Å². The van der Waals surface area contributed by atoms with Gasteiger partial charge in [-0.05, 0) is 38.9 Å². The van der Waals surface area contributed by atoms with Gasteiger partial charge < -0.3 is 10.5 Å². The highest BCUT2D eigenvalue weighted by molar-refractivity contribution is 7.17. The lowest BCUT2D eigenvalue weighted by Crippen LogP contribution is -2.33. The smallest absolute Gasteiger partial charge is 0.144 e. The average molecular weight is 488 g/mol. The lowest BCUT2D eigenvalue weighted by Gasteiger charge is -2.26. The van der Waals surface area contributed by atoms with E-state index < -0.39 is 0 Å². The molecule has 1 aromatic carbocycles. The number of aryl methyl sites for hydroxylation is 1. The second-order valence-corrected chi connectivity index (χ2v) is 9.61. The molecule has 5 rings (SSSR count). The van der Waals surface area contributed by atoms with Crippen LogP contribution in [0.15, 0.2) is 53.7 Å². The number of amidine groups is 1. The van der Waals surface area contributed by atoms with Gasteiger partial charge in [0.25, 0.3) is 0 Å². The second-order valence-electron chi connectivity index (χ2n) is 8.61. The molecule has 0 atom stereocenters. The van der Waals surface area contributed by atoms with Crippen LogP contribution in [0.2, 0.25) is 0 Å². The van der Waals surface area contributed by atoms with Crippen molar-refractivity contribution in [1.29, 1.82) is 5.41 Å². The van der Waals surface area contributed by atoms with Gasteiger partial charge in [-0.25, -0.2) is 14.5 Å². The number of thiazole rings is 1. The van der Waals surface area contributed by atoms with Gasteiger partial charge in [-0.1, -0.05) is 36.8 Å². The third kappa shape index (κ3) is 4.96. The molecule has 3 N–H and O–H groups in total. The predicted octanol–water partition coefficient (Wildman–Crippen LogP) is 4.61. The Labute approximate surface area is 208 Å². The summed E-state index contributed by atoms with van der Waals surface area (Å²) in [4.78, 5) is 12.2. The average Bonchev–Trinajstić information content (AvgIpc) is 3.46. The third-order valence-electron chi connectivity index (χ3n) is 6.23. The first kappa shape index (κ1) is 23.2. The number of aliphatic imine (C=N–C) groups is 1. The Morgan fingerprint density at radius 2 is 2.00 bits per heavy atom. The van der Waals surface area contributed by atoms with Gasteiger partial charge in [0.15, 0.2) is 0 Å². The van der Waals surface area contributed by atoms with Crippen molar-refractivity contribution in [2.24, 2.45) is 10.7 Å². The van der Waals surface area contributed by atoms with E-state index in [0.717, 1.165) is 69.6 Å². The van der Waals surface area contributed by atoms with Crippen LogP contribution in [0.1, 0.15) is 29.8 Å². The largest absolute Gasteiger partial charge is 0.492 e. The van der Waals surface area contributed by atoms with Gasteiger partial charge in [0.2, 0.25) is 0 Å². The molecule has 0 radical (unpaired) electrons. The molecule has 9 heteroatoms. The zero-order valence-electron chi connectivity index (χ0n) is 19.8. The molecule has 8 nitrogen and oxygen atoms in total. The first-order chi connectivity index (χ1) is 17.1. The maximum atomic E-state index is 7.35. The number of benzene rings is 1. The maximum absolute atomic E-state index is 7.35. The number of nitrogens with two attached hydrogens (primary N) is 1. The lowest BCUT2D eigenvalue weighted by atomic mass is 10.1. The fourth-order valence-electron chi connectivity index (χ4n) is 4.49. The minimum absolute atomic E-state index is 0.276.